The van der Waals surface area contributed by atoms with Crippen molar-refractivity contribution in [2.45, 2.75) is 18.6 Å². The van der Waals surface area contributed by atoms with Gasteiger partial charge in [-0.25, -0.2) is 4.39 Å². The Morgan fingerprint density at radius 2 is 1.94 bits per heavy atom. The van der Waals surface area contributed by atoms with Crippen LogP contribution in [-0.4, -0.2) is 0 Å². The monoisotopic (exact) mass is 268 g/mol. The molecule has 1 atom stereocenters. The van der Waals surface area contributed by atoms with Gasteiger partial charge < -0.3 is 5.73 Å². The highest BCUT2D eigenvalue weighted by Gasteiger charge is 2.35. The minimum absolute atomic E-state index is 0. The van der Waals surface area contributed by atoms with Gasteiger partial charge in [-0.2, -0.15) is 18.4 Å². The number of nitrogens with zero attached hydrogens (tertiary/aromatic N) is 1. The molecule has 0 radical (unpaired) electrons. The summed E-state index contributed by atoms with van der Waals surface area (Å²) >= 11 is 0. The lowest BCUT2D eigenvalue weighted by atomic mass is 9.98. The number of hydrogen-bond donors (Lipinski definition) is 1. The third kappa shape index (κ3) is 3.88. The first-order chi connectivity index (χ1) is 7.36. The van der Waals surface area contributed by atoms with Crippen LogP contribution in [0.25, 0.3) is 0 Å². The summed E-state index contributed by atoms with van der Waals surface area (Å²) in [6, 6.07) is 2.84. The van der Waals surface area contributed by atoms with E-state index >= 15 is 0 Å². The molecule has 2 N–H and O–H groups in total. The van der Waals surface area contributed by atoms with Gasteiger partial charge in [-0.3, -0.25) is 0 Å². The molecule has 0 saturated carbocycles. The van der Waals surface area contributed by atoms with E-state index in [0.29, 0.717) is 6.07 Å². The third-order valence-electron chi connectivity index (χ3n) is 2.03. The van der Waals surface area contributed by atoms with Gasteiger partial charge in [-0.1, -0.05) is 6.07 Å². The quantitative estimate of drug-likeness (QED) is 0.838. The molecule has 0 fully saturated rings. The smallest absolute Gasteiger partial charge is 0.323 e. The molecule has 0 unspecified atom stereocenters. The zero-order chi connectivity index (χ0) is 12.3. The molecule has 0 amide bonds. The van der Waals surface area contributed by atoms with Crippen molar-refractivity contribution in [2.75, 3.05) is 0 Å². The van der Waals surface area contributed by atoms with Crippen LogP contribution in [0.4, 0.5) is 17.6 Å². The van der Waals surface area contributed by atoms with Gasteiger partial charge in [0.1, 0.15) is 5.82 Å². The van der Waals surface area contributed by atoms with Gasteiger partial charge in [0.05, 0.1) is 18.1 Å². The van der Waals surface area contributed by atoms with Crippen molar-refractivity contribution in [1.29, 1.82) is 5.26 Å². The van der Waals surface area contributed by atoms with Crippen molar-refractivity contribution in [1.82, 2.24) is 0 Å². The lowest BCUT2D eigenvalue weighted by Gasteiger charge is -2.16. The molecule has 1 rings (SSSR count). The van der Waals surface area contributed by atoms with E-state index < -0.39 is 23.6 Å². The van der Waals surface area contributed by atoms with E-state index in [1.54, 1.807) is 6.07 Å². The van der Waals surface area contributed by atoms with Gasteiger partial charge >= 0.3 is 6.18 Å². The van der Waals surface area contributed by atoms with Crippen LogP contribution in [-0.2, 0) is 6.18 Å². The van der Waals surface area contributed by atoms with Crippen LogP contribution in [0.15, 0.2) is 18.2 Å². The number of nitrogens with two attached hydrogens (primary N) is 1. The lowest BCUT2D eigenvalue weighted by molar-refractivity contribution is -0.138. The molecule has 0 aliphatic rings. The van der Waals surface area contributed by atoms with E-state index in [1.807, 2.05) is 0 Å². The maximum atomic E-state index is 12.7. The Labute approximate surface area is 101 Å². The fraction of sp³-hybridized carbons (Fsp3) is 0.300. The van der Waals surface area contributed by atoms with Gasteiger partial charge in [0.2, 0.25) is 0 Å². The summed E-state index contributed by atoms with van der Waals surface area (Å²) in [6.07, 6.45) is -4.93. The van der Waals surface area contributed by atoms with Crippen molar-refractivity contribution in [2.24, 2.45) is 5.73 Å². The molecule has 94 valence electrons. The molecule has 17 heavy (non-hydrogen) atoms. The summed E-state index contributed by atoms with van der Waals surface area (Å²) in [5.74, 6) is -0.986. The summed E-state index contributed by atoms with van der Waals surface area (Å²) < 4.78 is 50.3. The molecule has 0 aliphatic carbocycles. The molecule has 0 aliphatic heterocycles. The summed E-state index contributed by atoms with van der Waals surface area (Å²) in [7, 11) is 0. The fourth-order valence-electron chi connectivity index (χ4n) is 1.31. The Morgan fingerprint density at radius 1 is 1.35 bits per heavy atom. The topological polar surface area (TPSA) is 49.8 Å². The molecule has 0 saturated heterocycles. The van der Waals surface area contributed by atoms with Crippen molar-refractivity contribution in [3.63, 3.8) is 0 Å². The Kier molecular flexibility index (Phi) is 5.39. The first kappa shape index (κ1) is 15.7. The van der Waals surface area contributed by atoms with E-state index in [-0.39, 0.29) is 24.4 Å². The molecule has 2 nitrogen and oxygen atoms in total. The van der Waals surface area contributed by atoms with Crippen LogP contribution < -0.4 is 5.73 Å². The lowest BCUT2D eigenvalue weighted by Crippen LogP contribution is -2.17. The first-order valence-corrected chi connectivity index (χ1v) is 4.35. The molecular weight excluding hydrogens is 260 g/mol. The second kappa shape index (κ2) is 5.84. The Morgan fingerprint density at radius 3 is 2.41 bits per heavy atom. The second-order valence-corrected chi connectivity index (χ2v) is 3.20. The van der Waals surface area contributed by atoms with E-state index in [9.17, 15) is 17.6 Å². The zero-order valence-electron chi connectivity index (χ0n) is 8.46. The van der Waals surface area contributed by atoms with E-state index in [1.165, 1.54) is 0 Å². The molecule has 1 aromatic carbocycles. The van der Waals surface area contributed by atoms with E-state index in [4.69, 9.17) is 11.0 Å². The molecule has 0 heterocycles. The first-order valence-electron chi connectivity index (χ1n) is 4.35. The van der Waals surface area contributed by atoms with Crippen LogP contribution in [0.1, 0.15) is 23.6 Å². The predicted octanol–water partition coefficient (Wildman–Crippen LogP) is 3.18. The van der Waals surface area contributed by atoms with Crippen molar-refractivity contribution >= 4 is 12.4 Å². The van der Waals surface area contributed by atoms with Crippen molar-refractivity contribution < 1.29 is 17.6 Å². The van der Waals surface area contributed by atoms with Crippen LogP contribution in [0.3, 0.4) is 0 Å². The van der Waals surface area contributed by atoms with E-state index in [2.05, 4.69) is 0 Å². The van der Waals surface area contributed by atoms with Crippen LogP contribution in [0.2, 0.25) is 0 Å². The normalized spacial score (nSPS) is 12.5. The number of rotatable bonds is 2. The summed E-state index contributed by atoms with van der Waals surface area (Å²) in [5.41, 5.74) is 4.01. The molecule has 1 aromatic rings. The maximum Gasteiger partial charge on any atom is 0.416 e. The average Bonchev–Trinajstić information content (AvgIpc) is 2.16. The van der Waals surface area contributed by atoms with Crippen LogP contribution in [0, 0.1) is 17.1 Å². The number of halogens is 5. The SMILES string of the molecule is Cl.N#CC[C@@H](N)c1ccc(F)cc1C(F)(F)F. The number of benzene rings is 1. The minimum Gasteiger partial charge on any atom is -0.323 e. The molecule has 7 heteroatoms. The van der Waals surface area contributed by atoms with Gasteiger partial charge in [0.15, 0.2) is 0 Å². The van der Waals surface area contributed by atoms with Crippen molar-refractivity contribution in [3.05, 3.63) is 35.1 Å². The average molecular weight is 269 g/mol. The fourth-order valence-corrected chi connectivity index (χ4v) is 1.31. The Bertz CT molecular complexity index is 425. The van der Waals surface area contributed by atoms with Crippen molar-refractivity contribution in [3.8, 4) is 6.07 Å². The van der Waals surface area contributed by atoms with Crippen LogP contribution >= 0.6 is 12.4 Å². The Hall–Kier alpha value is -1.32. The minimum atomic E-state index is -4.68. The summed E-state index contributed by atoms with van der Waals surface area (Å²) in [4.78, 5) is 0. The molecule has 0 spiro atoms. The standard InChI is InChI=1S/C10H8F4N2.ClH/c11-6-1-2-7(9(16)3-4-15)8(5-6)10(12,13)14;/h1-2,5,9H,3,16H2;1H/t9-;/m1./s1. The Balaban J connectivity index is 0.00000256. The highest BCUT2D eigenvalue weighted by atomic mass is 35.5. The molecule has 0 bridgehead atoms. The summed E-state index contributed by atoms with van der Waals surface area (Å²) in [6.45, 7) is 0. The number of alkyl halides is 3. The predicted molar refractivity (Wildman–Crippen MR) is 55.8 cm³/mol. The largest absolute Gasteiger partial charge is 0.416 e. The van der Waals surface area contributed by atoms with E-state index in [0.717, 1.165) is 12.1 Å². The number of hydrogen-bond acceptors (Lipinski definition) is 2. The zero-order valence-corrected chi connectivity index (χ0v) is 9.28. The molecular formula is C10H9ClF4N2. The van der Waals surface area contributed by atoms with Gasteiger partial charge in [0.25, 0.3) is 0 Å². The second-order valence-electron chi connectivity index (χ2n) is 3.20. The van der Waals surface area contributed by atoms with Gasteiger partial charge in [0, 0.05) is 6.04 Å². The maximum absolute atomic E-state index is 12.7. The van der Waals surface area contributed by atoms with Gasteiger partial charge in [-0.15, -0.1) is 12.4 Å². The molecule has 0 aromatic heterocycles. The van der Waals surface area contributed by atoms with Crippen LogP contribution in [0.5, 0.6) is 0 Å². The number of nitriles is 1. The highest BCUT2D eigenvalue weighted by Crippen LogP contribution is 2.35. The highest BCUT2D eigenvalue weighted by molar-refractivity contribution is 5.85. The summed E-state index contributed by atoms with van der Waals surface area (Å²) in [5, 5.41) is 8.36. The van der Waals surface area contributed by atoms with Gasteiger partial charge in [-0.05, 0) is 17.7 Å². The third-order valence-corrected chi connectivity index (χ3v) is 2.03.